The van der Waals surface area contributed by atoms with E-state index >= 15 is 0 Å². The second kappa shape index (κ2) is 10.9. The molecule has 0 aromatic rings. The summed E-state index contributed by atoms with van der Waals surface area (Å²) in [6.07, 6.45) is 11.5. The van der Waals surface area contributed by atoms with Crippen molar-refractivity contribution in [3.05, 3.63) is 0 Å². The van der Waals surface area contributed by atoms with Gasteiger partial charge in [0.05, 0.1) is 8.07 Å². The fourth-order valence-electron chi connectivity index (χ4n) is 5.25. The van der Waals surface area contributed by atoms with Gasteiger partial charge in [-0.25, -0.2) is 0 Å². The highest BCUT2D eigenvalue weighted by molar-refractivity contribution is 6.83. The molecule has 0 heterocycles. The largest absolute Gasteiger partial charge is 0.381 e. The molecule has 0 spiro atoms. The minimum Gasteiger partial charge on any atom is -0.381 e. The van der Waals surface area contributed by atoms with E-state index in [0.717, 1.165) is 35.8 Å². The molecule has 1 fully saturated rings. The van der Waals surface area contributed by atoms with Crippen molar-refractivity contribution in [2.75, 3.05) is 13.2 Å². The lowest BCUT2D eigenvalue weighted by molar-refractivity contribution is 0.101. The van der Waals surface area contributed by atoms with Gasteiger partial charge in [0.25, 0.3) is 0 Å². The number of hydrogen-bond acceptors (Lipinski definition) is 1. The van der Waals surface area contributed by atoms with E-state index in [2.05, 4.69) is 41.5 Å². The molecule has 0 atom stereocenters. The van der Waals surface area contributed by atoms with Gasteiger partial charge in [0.2, 0.25) is 0 Å². The van der Waals surface area contributed by atoms with Crippen LogP contribution in [0.15, 0.2) is 0 Å². The van der Waals surface area contributed by atoms with Gasteiger partial charge < -0.3 is 4.74 Å². The summed E-state index contributed by atoms with van der Waals surface area (Å²) >= 11 is 0. The molecule has 1 nitrogen and oxygen atoms in total. The molecular weight excluding hydrogens is 296 g/mol. The smallest absolute Gasteiger partial charge is 0.0635 e. The number of hydrogen-bond donors (Lipinski definition) is 0. The summed E-state index contributed by atoms with van der Waals surface area (Å²) in [5.41, 5.74) is 2.57. The summed E-state index contributed by atoms with van der Waals surface area (Å²) in [5.74, 6) is 0.835. The topological polar surface area (TPSA) is 9.23 Å². The minimum atomic E-state index is -1.27. The summed E-state index contributed by atoms with van der Waals surface area (Å²) in [6, 6.07) is 1.35. The van der Waals surface area contributed by atoms with Gasteiger partial charge in [0.1, 0.15) is 0 Å². The highest BCUT2D eigenvalue weighted by Crippen LogP contribution is 2.44. The first-order valence-corrected chi connectivity index (χ1v) is 12.9. The first kappa shape index (κ1) is 21.2. The van der Waals surface area contributed by atoms with E-state index in [9.17, 15) is 0 Å². The molecule has 2 heteroatoms. The van der Waals surface area contributed by atoms with Crippen LogP contribution >= 0.6 is 0 Å². The van der Waals surface area contributed by atoms with Crippen LogP contribution in [0, 0.1) is 5.92 Å². The normalized spacial score (nSPS) is 19.2. The van der Waals surface area contributed by atoms with Crippen molar-refractivity contribution in [3.63, 3.8) is 0 Å². The van der Waals surface area contributed by atoms with Crippen LogP contribution in [0.25, 0.3) is 0 Å². The second-order valence-corrected chi connectivity index (χ2v) is 15.2. The Morgan fingerprint density at radius 2 is 1.17 bits per heavy atom. The summed E-state index contributed by atoms with van der Waals surface area (Å²) in [7, 11) is -1.27. The minimum absolute atomic E-state index is 0.835. The Hall–Kier alpha value is 0.177. The molecule has 0 radical (unpaired) electrons. The van der Waals surface area contributed by atoms with Gasteiger partial charge in [-0.05, 0) is 24.8 Å². The lowest BCUT2D eigenvalue weighted by atomic mass is 9.98. The predicted octanol–water partition coefficient (Wildman–Crippen LogP) is 7.43. The van der Waals surface area contributed by atoms with Crippen LogP contribution in [0.2, 0.25) is 22.7 Å². The van der Waals surface area contributed by atoms with E-state index < -0.39 is 8.07 Å². The Morgan fingerprint density at radius 3 is 1.61 bits per heavy atom. The Kier molecular flexibility index (Phi) is 10.1. The maximum Gasteiger partial charge on any atom is 0.0635 e. The molecule has 138 valence electrons. The van der Waals surface area contributed by atoms with Gasteiger partial charge in [0, 0.05) is 13.2 Å². The van der Waals surface area contributed by atoms with E-state index in [1.807, 2.05) is 0 Å². The third-order valence-corrected chi connectivity index (χ3v) is 14.3. The number of rotatable bonds is 8. The first-order chi connectivity index (χ1) is 10.9. The molecule has 23 heavy (non-hydrogen) atoms. The van der Waals surface area contributed by atoms with Gasteiger partial charge in [0.15, 0.2) is 0 Å². The highest BCUT2D eigenvalue weighted by Gasteiger charge is 2.41. The second-order valence-electron chi connectivity index (χ2n) is 8.97. The SMILES string of the molecule is CC(C)[Si](CCOCC1CCCCCCCC1)(C(C)C)C(C)C. The Balaban J connectivity index is 2.43. The zero-order valence-electron chi connectivity index (χ0n) is 17.0. The van der Waals surface area contributed by atoms with Crippen LogP contribution in [0.1, 0.15) is 92.9 Å². The van der Waals surface area contributed by atoms with Crippen molar-refractivity contribution in [3.8, 4) is 0 Å². The molecule has 1 aliphatic rings. The van der Waals surface area contributed by atoms with Gasteiger partial charge in [-0.2, -0.15) is 0 Å². The molecule has 1 aliphatic carbocycles. The summed E-state index contributed by atoms with van der Waals surface area (Å²) in [4.78, 5) is 0. The Bertz CT molecular complexity index is 266. The maximum atomic E-state index is 6.25. The molecule has 0 aromatic heterocycles. The van der Waals surface area contributed by atoms with E-state index in [-0.39, 0.29) is 0 Å². The number of ether oxygens (including phenoxy) is 1. The van der Waals surface area contributed by atoms with Crippen molar-refractivity contribution in [1.29, 1.82) is 0 Å². The molecule has 0 amide bonds. The van der Waals surface area contributed by atoms with Crippen LogP contribution in [0.5, 0.6) is 0 Å². The molecule has 0 aromatic carbocycles. The van der Waals surface area contributed by atoms with Gasteiger partial charge in [-0.1, -0.05) is 96.7 Å². The monoisotopic (exact) mass is 340 g/mol. The van der Waals surface area contributed by atoms with Crippen molar-refractivity contribution in [2.45, 2.75) is 116 Å². The van der Waals surface area contributed by atoms with Crippen LogP contribution in [0.3, 0.4) is 0 Å². The zero-order chi connectivity index (χ0) is 17.3. The Labute approximate surface area is 148 Å². The average Bonchev–Trinajstić information content (AvgIpc) is 2.60. The fraction of sp³-hybridized carbons (Fsp3) is 1.00. The van der Waals surface area contributed by atoms with Gasteiger partial charge >= 0.3 is 0 Å². The summed E-state index contributed by atoms with van der Waals surface area (Å²) in [5, 5.41) is 0. The van der Waals surface area contributed by atoms with Gasteiger partial charge in [-0.15, -0.1) is 0 Å². The van der Waals surface area contributed by atoms with E-state index in [4.69, 9.17) is 4.74 Å². The quantitative estimate of drug-likeness (QED) is 0.329. The van der Waals surface area contributed by atoms with Crippen molar-refractivity contribution in [2.24, 2.45) is 5.92 Å². The van der Waals surface area contributed by atoms with Crippen LogP contribution in [-0.4, -0.2) is 21.3 Å². The molecular formula is C21H44OSi. The molecule has 0 aliphatic heterocycles. The average molecular weight is 341 g/mol. The van der Waals surface area contributed by atoms with Crippen molar-refractivity contribution < 1.29 is 4.74 Å². The molecule has 0 saturated heterocycles. The molecule has 1 saturated carbocycles. The van der Waals surface area contributed by atoms with Crippen LogP contribution in [0.4, 0.5) is 0 Å². The molecule has 1 rings (SSSR count). The third kappa shape index (κ3) is 6.53. The standard InChI is InChI=1S/C21H44OSi/c1-18(2)23(19(3)4,20(5)6)16-15-22-17-21-13-11-9-7-8-10-12-14-21/h18-21H,7-17H2,1-6H3. The van der Waals surface area contributed by atoms with Gasteiger partial charge in [-0.3, -0.25) is 0 Å². The summed E-state index contributed by atoms with van der Waals surface area (Å²) in [6.45, 7) is 16.8. The van der Waals surface area contributed by atoms with Crippen molar-refractivity contribution in [1.82, 2.24) is 0 Å². The van der Waals surface area contributed by atoms with E-state index in [0.29, 0.717) is 0 Å². The molecule has 0 bridgehead atoms. The fourth-order valence-corrected chi connectivity index (χ4v) is 11.5. The highest BCUT2D eigenvalue weighted by atomic mass is 28.3. The first-order valence-electron chi connectivity index (χ1n) is 10.5. The lowest BCUT2D eigenvalue weighted by Crippen LogP contribution is -2.45. The predicted molar refractivity (Wildman–Crippen MR) is 107 cm³/mol. The van der Waals surface area contributed by atoms with Crippen LogP contribution in [-0.2, 0) is 4.74 Å². The molecule has 0 unspecified atom stereocenters. The van der Waals surface area contributed by atoms with Crippen molar-refractivity contribution >= 4 is 8.07 Å². The van der Waals surface area contributed by atoms with E-state index in [1.54, 1.807) is 0 Å². The molecule has 0 N–H and O–H groups in total. The van der Waals surface area contributed by atoms with E-state index in [1.165, 1.54) is 57.4 Å². The zero-order valence-corrected chi connectivity index (χ0v) is 18.0. The third-order valence-electron chi connectivity index (χ3n) is 6.73. The van der Waals surface area contributed by atoms with Crippen LogP contribution < -0.4 is 0 Å². The summed E-state index contributed by atoms with van der Waals surface area (Å²) < 4.78 is 6.25. The maximum absolute atomic E-state index is 6.25. The lowest BCUT2D eigenvalue weighted by Gasteiger charge is -2.43. The Morgan fingerprint density at radius 1 is 0.739 bits per heavy atom.